The molecule has 0 fully saturated rings. The average molecular weight is 434 g/mol. The van der Waals surface area contributed by atoms with Gasteiger partial charge in [0.05, 0.1) is 44.8 Å². The summed E-state index contributed by atoms with van der Waals surface area (Å²) < 4.78 is 18.6. The number of imidazole rings is 1. The fraction of sp³-hybridized carbons (Fsp3) is 0.217. The first kappa shape index (κ1) is 21.1. The van der Waals surface area contributed by atoms with E-state index in [1.54, 1.807) is 53.7 Å². The van der Waals surface area contributed by atoms with E-state index in [2.05, 4.69) is 9.97 Å². The zero-order valence-corrected chi connectivity index (χ0v) is 18.2. The van der Waals surface area contributed by atoms with E-state index in [1.807, 2.05) is 19.1 Å². The first-order chi connectivity index (χ1) is 15.5. The predicted molar refractivity (Wildman–Crippen MR) is 118 cm³/mol. The average Bonchev–Trinajstić information content (AvgIpc) is 3.11. The highest BCUT2D eigenvalue weighted by Crippen LogP contribution is 2.26. The minimum atomic E-state index is -0.447. The Bertz CT molecular complexity index is 1360. The van der Waals surface area contributed by atoms with Gasteiger partial charge in [0.1, 0.15) is 23.3 Å². The van der Waals surface area contributed by atoms with Crippen molar-refractivity contribution >= 4 is 17.1 Å². The number of esters is 1. The smallest absolute Gasteiger partial charge is 0.337 e. The van der Waals surface area contributed by atoms with Crippen molar-refractivity contribution in [3.63, 3.8) is 0 Å². The Morgan fingerprint density at radius 2 is 1.75 bits per heavy atom. The van der Waals surface area contributed by atoms with Gasteiger partial charge in [-0.05, 0) is 43.3 Å². The molecule has 4 aromatic rings. The van der Waals surface area contributed by atoms with E-state index >= 15 is 0 Å². The van der Waals surface area contributed by atoms with E-state index in [1.165, 1.54) is 13.4 Å². The van der Waals surface area contributed by atoms with Gasteiger partial charge in [0.15, 0.2) is 5.65 Å². The minimum absolute atomic E-state index is 0.242. The van der Waals surface area contributed by atoms with E-state index in [0.29, 0.717) is 39.6 Å². The molecule has 0 saturated carbocycles. The fourth-order valence-electron chi connectivity index (χ4n) is 3.62. The molecular formula is C23H22N4O5. The molecule has 0 N–H and O–H groups in total. The lowest BCUT2D eigenvalue weighted by Crippen LogP contribution is -2.24. The van der Waals surface area contributed by atoms with Gasteiger partial charge in [-0.25, -0.2) is 19.6 Å². The summed E-state index contributed by atoms with van der Waals surface area (Å²) in [6, 6.07) is 12.0. The highest BCUT2D eigenvalue weighted by Gasteiger charge is 2.20. The lowest BCUT2D eigenvalue weighted by molar-refractivity contribution is 0.0600. The molecule has 9 heteroatoms. The summed E-state index contributed by atoms with van der Waals surface area (Å²) in [6.45, 7) is 2.06. The Kier molecular flexibility index (Phi) is 5.63. The van der Waals surface area contributed by atoms with Crippen molar-refractivity contribution < 1.29 is 19.0 Å². The molecule has 164 valence electrons. The second-order valence-electron chi connectivity index (χ2n) is 7.05. The molecule has 0 unspecified atom stereocenters. The van der Waals surface area contributed by atoms with Crippen molar-refractivity contribution in [3.8, 4) is 17.2 Å². The normalized spacial score (nSPS) is 10.9. The van der Waals surface area contributed by atoms with Crippen molar-refractivity contribution in [2.75, 3.05) is 21.3 Å². The van der Waals surface area contributed by atoms with Gasteiger partial charge >= 0.3 is 11.7 Å². The molecule has 9 nitrogen and oxygen atoms in total. The molecule has 32 heavy (non-hydrogen) atoms. The van der Waals surface area contributed by atoms with Gasteiger partial charge in [-0.2, -0.15) is 0 Å². The zero-order valence-electron chi connectivity index (χ0n) is 18.2. The van der Waals surface area contributed by atoms with E-state index in [9.17, 15) is 9.59 Å². The van der Waals surface area contributed by atoms with Crippen LogP contribution in [0.25, 0.3) is 16.9 Å². The summed E-state index contributed by atoms with van der Waals surface area (Å²) in [4.78, 5) is 34.0. The lowest BCUT2D eigenvalue weighted by Gasteiger charge is -2.11. The standard InChI is InChI=1S/C23H22N4O5/c1-14-20-21(25-13-24-14)26(12-16-7-10-18(30-2)11-19(16)31-3)23(29)27(20)17-8-5-15(6-9-17)22(28)32-4/h5-11,13H,12H2,1-4H3. The highest BCUT2D eigenvalue weighted by atomic mass is 16.5. The molecule has 2 aromatic heterocycles. The van der Waals surface area contributed by atoms with Crippen LogP contribution < -0.4 is 15.2 Å². The van der Waals surface area contributed by atoms with Gasteiger partial charge in [-0.3, -0.25) is 9.13 Å². The molecule has 2 heterocycles. The maximum Gasteiger partial charge on any atom is 0.337 e. The van der Waals surface area contributed by atoms with Crippen LogP contribution in [0, 0.1) is 6.92 Å². The van der Waals surface area contributed by atoms with Crippen LogP contribution in [0.1, 0.15) is 21.6 Å². The summed E-state index contributed by atoms with van der Waals surface area (Å²) in [5.74, 6) is 0.812. The van der Waals surface area contributed by atoms with Gasteiger partial charge in [0.25, 0.3) is 0 Å². The van der Waals surface area contributed by atoms with Gasteiger partial charge in [0, 0.05) is 11.6 Å². The quantitative estimate of drug-likeness (QED) is 0.431. The molecule has 0 aliphatic rings. The van der Waals surface area contributed by atoms with Crippen LogP contribution in [0.3, 0.4) is 0 Å². The molecule has 0 spiro atoms. The van der Waals surface area contributed by atoms with Crippen molar-refractivity contribution in [1.82, 2.24) is 19.1 Å². The Hall–Kier alpha value is -4.14. The number of hydrogen-bond acceptors (Lipinski definition) is 7. The largest absolute Gasteiger partial charge is 0.497 e. The summed E-state index contributed by atoms with van der Waals surface area (Å²) in [7, 11) is 4.47. The van der Waals surface area contributed by atoms with Gasteiger partial charge in [-0.1, -0.05) is 0 Å². The van der Waals surface area contributed by atoms with Gasteiger partial charge < -0.3 is 14.2 Å². The van der Waals surface area contributed by atoms with Crippen molar-refractivity contribution in [2.45, 2.75) is 13.5 Å². The Morgan fingerprint density at radius 1 is 1.00 bits per heavy atom. The fourth-order valence-corrected chi connectivity index (χ4v) is 3.62. The molecule has 2 aromatic carbocycles. The number of carbonyl (C=O) groups is 1. The number of fused-ring (bicyclic) bond motifs is 1. The third kappa shape index (κ3) is 3.58. The minimum Gasteiger partial charge on any atom is -0.497 e. The van der Waals surface area contributed by atoms with Gasteiger partial charge in [-0.15, -0.1) is 0 Å². The lowest BCUT2D eigenvalue weighted by atomic mass is 10.2. The molecule has 0 atom stereocenters. The summed E-state index contributed by atoms with van der Waals surface area (Å²) >= 11 is 0. The van der Waals surface area contributed by atoms with Crippen molar-refractivity contribution in [2.24, 2.45) is 0 Å². The third-order valence-corrected chi connectivity index (χ3v) is 5.26. The monoisotopic (exact) mass is 434 g/mol. The topological polar surface area (TPSA) is 97.5 Å². The molecule has 0 aliphatic carbocycles. The Balaban J connectivity index is 1.88. The molecule has 4 rings (SSSR count). The molecule has 0 saturated heterocycles. The maximum absolute atomic E-state index is 13.5. The molecular weight excluding hydrogens is 412 g/mol. The number of methoxy groups -OCH3 is 3. The summed E-state index contributed by atoms with van der Waals surface area (Å²) in [6.07, 6.45) is 1.43. The Morgan fingerprint density at radius 3 is 2.41 bits per heavy atom. The second kappa shape index (κ2) is 8.54. The number of aromatic nitrogens is 4. The van der Waals surface area contributed by atoms with Crippen LogP contribution >= 0.6 is 0 Å². The molecule has 0 amide bonds. The third-order valence-electron chi connectivity index (χ3n) is 5.26. The first-order valence-corrected chi connectivity index (χ1v) is 9.81. The maximum atomic E-state index is 13.5. The van der Waals surface area contributed by atoms with E-state index in [0.717, 1.165) is 5.56 Å². The van der Waals surface area contributed by atoms with Gasteiger partial charge in [0.2, 0.25) is 0 Å². The zero-order chi connectivity index (χ0) is 22.8. The number of benzene rings is 2. The van der Waals surface area contributed by atoms with Crippen LogP contribution in [0.5, 0.6) is 11.5 Å². The Labute approximate surface area is 183 Å². The number of nitrogens with zero attached hydrogens (tertiary/aromatic N) is 4. The van der Waals surface area contributed by atoms with Crippen LogP contribution in [0.4, 0.5) is 0 Å². The van der Waals surface area contributed by atoms with Crippen LogP contribution in [-0.2, 0) is 11.3 Å². The molecule has 0 aliphatic heterocycles. The SMILES string of the molecule is COC(=O)c1ccc(-n2c(=O)n(Cc3ccc(OC)cc3OC)c3ncnc(C)c32)cc1. The second-order valence-corrected chi connectivity index (χ2v) is 7.05. The number of aryl methyl sites for hydroxylation is 1. The predicted octanol–water partition coefficient (Wildman–Crippen LogP) is 2.74. The van der Waals surface area contributed by atoms with Crippen LogP contribution in [-0.4, -0.2) is 46.4 Å². The van der Waals surface area contributed by atoms with Crippen molar-refractivity contribution in [3.05, 3.63) is 76.1 Å². The van der Waals surface area contributed by atoms with E-state index in [-0.39, 0.29) is 12.2 Å². The number of ether oxygens (including phenoxy) is 3. The van der Waals surface area contributed by atoms with Crippen molar-refractivity contribution in [1.29, 1.82) is 0 Å². The summed E-state index contributed by atoms with van der Waals surface area (Å²) in [5.41, 5.74) is 3.24. The number of rotatable bonds is 6. The highest BCUT2D eigenvalue weighted by molar-refractivity contribution is 5.89. The number of hydrogen-bond donors (Lipinski definition) is 0. The number of carbonyl (C=O) groups excluding carboxylic acids is 1. The van der Waals surface area contributed by atoms with Crippen LogP contribution in [0.2, 0.25) is 0 Å². The van der Waals surface area contributed by atoms with E-state index < -0.39 is 5.97 Å². The molecule has 0 bridgehead atoms. The first-order valence-electron chi connectivity index (χ1n) is 9.81. The van der Waals surface area contributed by atoms with Crippen LogP contribution in [0.15, 0.2) is 53.6 Å². The summed E-state index contributed by atoms with van der Waals surface area (Å²) in [5, 5.41) is 0. The molecule has 0 radical (unpaired) electrons. The van der Waals surface area contributed by atoms with E-state index in [4.69, 9.17) is 14.2 Å².